The van der Waals surface area contributed by atoms with Crippen molar-refractivity contribution in [3.8, 4) is 6.07 Å². The number of hydrogen-bond donors (Lipinski definition) is 2. The van der Waals surface area contributed by atoms with Gasteiger partial charge < -0.3 is 11.1 Å². The van der Waals surface area contributed by atoms with Gasteiger partial charge in [0.1, 0.15) is 5.82 Å². The van der Waals surface area contributed by atoms with Crippen LogP contribution in [0.3, 0.4) is 0 Å². The lowest BCUT2D eigenvalue weighted by Crippen LogP contribution is -2.14. The summed E-state index contributed by atoms with van der Waals surface area (Å²) in [6.45, 7) is 3.08. The first kappa shape index (κ1) is 9.49. The van der Waals surface area contributed by atoms with Gasteiger partial charge in [0.05, 0.1) is 11.6 Å². The predicted octanol–water partition coefficient (Wildman–Crippen LogP) is 0.632. The third-order valence-corrected chi connectivity index (χ3v) is 1.53. The highest BCUT2D eigenvalue weighted by molar-refractivity contribution is 5.44. The van der Waals surface area contributed by atoms with Crippen molar-refractivity contribution in [1.29, 1.82) is 5.26 Å². The molecule has 0 aliphatic rings. The van der Waals surface area contributed by atoms with Gasteiger partial charge in [-0.1, -0.05) is 0 Å². The quantitative estimate of drug-likeness (QED) is 0.708. The average molecular weight is 176 g/mol. The largest absolute Gasteiger partial charge is 0.369 e. The fourth-order valence-corrected chi connectivity index (χ4v) is 1.02. The van der Waals surface area contributed by atoms with Crippen LogP contribution in [0.1, 0.15) is 11.3 Å². The Morgan fingerprint density at radius 1 is 1.62 bits per heavy atom. The minimum atomic E-state index is 0.553. The van der Waals surface area contributed by atoms with Crippen molar-refractivity contribution in [2.24, 2.45) is 5.73 Å². The van der Waals surface area contributed by atoms with Gasteiger partial charge >= 0.3 is 0 Å². The van der Waals surface area contributed by atoms with Gasteiger partial charge in [-0.15, -0.1) is 0 Å². The molecule has 0 bridgehead atoms. The molecule has 3 N–H and O–H groups in total. The zero-order valence-electron chi connectivity index (χ0n) is 7.54. The first-order valence-corrected chi connectivity index (χ1v) is 4.09. The van der Waals surface area contributed by atoms with Crippen LogP contribution >= 0.6 is 0 Å². The van der Waals surface area contributed by atoms with E-state index in [-0.39, 0.29) is 0 Å². The summed E-state index contributed by atoms with van der Waals surface area (Å²) in [5.41, 5.74) is 6.78. The maximum absolute atomic E-state index is 8.68. The van der Waals surface area contributed by atoms with Crippen LogP contribution in [-0.2, 0) is 0 Å². The third kappa shape index (κ3) is 2.73. The molecule has 4 heteroatoms. The Hall–Kier alpha value is -1.60. The van der Waals surface area contributed by atoms with Crippen molar-refractivity contribution in [2.75, 3.05) is 18.4 Å². The van der Waals surface area contributed by atoms with E-state index in [2.05, 4.69) is 16.4 Å². The summed E-state index contributed by atoms with van der Waals surface area (Å²) in [4.78, 5) is 4.20. The molecule has 0 radical (unpaired) electrons. The van der Waals surface area contributed by atoms with Crippen LogP contribution < -0.4 is 11.1 Å². The molecule has 68 valence electrons. The Kier molecular flexibility index (Phi) is 3.23. The van der Waals surface area contributed by atoms with Gasteiger partial charge in [-0.3, -0.25) is 0 Å². The van der Waals surface area contributed by atoms with E-state index >= 15 is 0 Å². The van der Waals surface area contributed by atoms with E-state index in [1.165, 1.54) is 0 Å². The standard InChI is InChI=1S/C9H12N4/c1-7-4-8(6-11)5-9(13-7)12-3-2-10/h4-5H,2-3,10H2,1H3,(H,12,13). The van der Waals surface area contributed by atoms with Gasteiger partial charge in [-0.2, -0.15) is 5.26 Å². The second kappa shape index (κ2) is 4.43. The van der Waals surface area contributed by atoms with Crippen LogP contribution in [0.15, 0.2) is 12.1 Å². The Bertz CT molecular complexity index is 327. The van der Waals surface area contributed by atoms with Crippen LogP contribution in [0.25, 0.3) is 0 Å². The smallest absolute Gasteiger partial charge is 0.127 e. The topological polar surface area (TPSA) is 74.7 Å². The number of nitrogens with one attached hydrogen (secondary N) is 1. The summed E-state index contributed by atoms with van der Waals surface area (Å²) in [6, 6.07) is 5.53. The fraction of sp³-hybridized carbons (Fsp3) is 0.333. The van der Waals surface area contributed by atoms with Gasteiger partial charge in [0, 0.05) is 18.8 Å². The Morgan fingerprint density at radius 2 is 2.38 bits per heavy atom. The van der Waals surface area contributed by atoms with Crippen LogP contribution in [0, 0.1) is 18.3 Å². The maximum Gasteiger partial charge on any atom is 0.127 e. The highest BCUT2D eigenvalue weighted by Crippen LogP contribution is 2.08. The lowest BCUT2D eigenvalue weighted by molar-refractivity contribution is 1.01. The minimum absolute atomic E-state index is 0.553. The molecule has 0 unspecified atom stereocenters. The van der Waals surface area contributed by atoms with Gasteiger partial charge in [-0.25, -0.2) is 4.98 Å². The molecule has 0 saturated carbocycles. The molecule has 1 heterocycles. The number of anilines is 1. The Labute approximate surface area is 77.4 Å². The number of rotatable bonds is 3. The van der Waals surface area contributed by atoms with Gasteiger partial charge in [-0.05, 0) is 19.1 Å². The van der Waals surface area contributed by atoms with E-state index in [1.807, 2.05) is 6.92 Å². The molecular formula is C9H12N4. The van der Waals surface area contributed by atoms with Crippen LogP contribution in [0.5, 0.6) is 0 Å². The molecule has 13 heavy (non-hydrogen) atoms. The molecule has 0 aliphatic carbocycles. The first-order chi connectivity index (χ1) is 6.26. The van der Waals surface area contributed by atoms with Crippen LogP contribution in [0.4, 0.5) is 5.82 Å². The maximum atomic E-state index is 8.68. The second-order valence-electron chi connectivity index (χ2n) is 2.71. The number of nitrogens with zero attached hydrogens (tertiary/aromatic N) is 2. The molecule has 0 amide bonds. The minimum Gasteiger partial charge on any atom is -0.369 e. The molecule has 4 nitrogen and oxygen atoms in total. The van der Waals surface area contributed by atoms with E-state index < -0.39 is 0 Å². The molecule has 0 aliphatic heterocycles. The monoisotopic (exact) mass is 176 g/mol. The van der Waals surface area contributed by atoms with E-state index in [4.69, 9.17) is 11.0 Å². The van der Waals surface area contributed by atoms with Gasteiger partial charge in [0.25, 0.3) is 0 Å². The number of nitrogens with two attached hydrogens (primary N) is 1. The average Bonchev–Trinajstić information content (AvgIpc) is 2.14. The van der Waals surface area contributed by atoms with E-state index in [0.29, 0.717) is 24.5 Å². The van der Waals surface area contributed by atoms with Crippen molar-refractivity contribution in [1.82, 2.24) is 4.98 Å². The highest BCUT2D eigenvalue weighted by Gasteiger charge is 1.97. The molecule has 0 fully saturated rings. The number of nitriles is 1. The highest BCUT2D eigenvalue weighted by atomic mass is 15.0. The lowest BCUT2D eigenvalue weighted by Gasteiger charge is -2.04. The summed E-state index contributed by atoms with van der Waals surface area (Å²) >= 11 is 0. The molecule has 0 aromatic carbocycles. The fourth-order valence-electron chi connectivity index (χ4n) is 1.02. The predicted molar refractivity (Wildman–Crippen MR) is 51.2 cm³/mol. The zero-order chi connectivity index (χ0) is 9.68. The molecule has 0 atom stereocenters. The molecule has 1 aromatic rings. The van der Waals surface area contributed by atoms with E-state index in [9.17, 15) is 0 Å². The first-order valence-electron chi connectivity index (χ1n) is 4.09. The number of aromatic nitrogens is 1. The van der Waals surface area contributed by atoms with Gasteiger partial charge in [0.15, 0.2) is 0 Å². The normalized spacial score (nSPS) is 9.31. The van der Waals surface area contributed by atoms with Crippen molar-refractivity contribution < 1.29 is 0 Å². The zero-order valence-corrected chi connectivity index (χ0v) is 7.54. The third-order valence-electron chi connectivity index (χ3n) is 1.53. The molecule has 0 spiro atoms. The summed E-state index contributed by atoms with van der Waals surface area (Å²) < 4.78 is 0. The Morgan fingerprint density at radius 3 is 3.00 bits per heavy atom. The number of aryl methyl sites for hydroxylation is 1. The van der Waals surface area contributed by atoms with Crippen molar-refractivity contribution in [3.63, 3.8) is 0 Å². The van der Waals surface area contributed by atoms with E-state index in [0.717, 1.165) is 5.69 Å². The van der Waals surface area contributed by atoms with Crippen LogP contribution in [-0.4, -0.2) is 18.1 Å². The summed E-state index contributed by atoms with van der Waals surface area (Å²) in [7, 11) is 0. The molecule has 1 rings (SSSR count). The number of hydrogen-bond acceptors (Lipinski definition) is 4. The summed E-state index contributed by atoms with van der Waals surface area (Å²) in [6.07, 6.45) is 0. The number of pyridine rings is 1. The summed E-state index contributed by atoms with van der Waals surface area (Å²) in [5.74, 6) is 0.710. The lowest BCUT2D eigenvalue weighted by atomic mass is 10.2. The van der Waals surface area contributed by atoms with E-state index in [1.54, 1.807) is 12.1 Å². The SMILES string of the molecule is Cc1cc(C#N)cc(NCCN)n1. The molecule has 0 saturated heterocycles. The Balaban J connectivity index is 2.83. The van der Waals surface area contributed by atoms with Crippen molar-refractivity contribution in [3.05, 3.63) is 23.4 Å². The molecule has 1 aromatic heterocycles. The molecular weight excluding hydrogens is 164 g/mol. The van der Waals surface area contributed by atoms with Crippen LogP contribution in [0.2, 0.25) is 0 Å². The van der Waals surface area contributed by atoms with Crippen molar-refractivity contribution in [2.45, 2.75) is 6.92 Å². The van der Waals surface area contributed by atoms with Crippen molar-refractivity contribution >= 4 is 5.82 Å². The van der Waals surface area contributed by atoms with Gasteiger partial charge in [0.2, 0.25) is 0 Å². The second-order valence-corrected chi connectivity index (χ2v) is 2.71. The summed E-state index contributed by atoms with van der Waals surface area (Å²) in [5, 5.41) is 11.7.